The number of nitrogens with two attached hydrogens (primary N) is 1. The lowest BCUT2D eigenvalue weighted by Gasteiger charge is -2.20. The summed E-state index contributed by atoms with van der Waals surface area (Å²) >= 11 is 0. The van der Waals surface area contributed by atoms with Crippen LogP contribution >= 0.6 is 0 Å². The monoisotopic (exact) mass is 204 g/mol. The molecule has 1 saturated heterocycles. The second-order valence-corrected chi connectivity index (χ2v) is 3.96. The van der Waals surface area contributed by atoms with Gasteiger partial charge in [0.25, 0.3) is 0 Å². The van der Waals surface area contributed by atoms with Crippen molar-refractivity contribution in [1.29, 1.82) is 0 Å². The van der Waals surface area contributed by atoms with Crippen molar-refractivity contribution in [2.24, 2.45) is 5.73 Å². The van der Waals surface area contributed by atoms with Gasteiger partial charge in [-0.1, -0.05) is 30.3 Å². The van der Waals surface area contributed by atoms with E-state index in [0.29, 0.717) is 13.0 Å². The Hall–Kier alpha value is -1.35. The second-order valence-electron chi connectivity index (χ2n) is 3.96. The standard InChI is InChI=1S/C12H16N2O/c13-11(10-5-2-1-3-6-10)9-14-8-4-7-12(14)15/h1-3,5-6,11H,4,7-9,13H2/t11-/m0/s1. The Morgan fingerprint density at radius 1 is 1.33 bits per heavy atom. The number of likely N-dealkylation sites (tertiary alicyclic amines) is 1. The van der Waals surface area contributed by atoms with Crippen LogP contribution in [0.2, 0.25) is 0 Å². The molecule has 80 valence electrons. The molecule has 3 heteroatoms. The summed E-state index contributed by atoms with van der Waals surface area (Å²) in [7, 11) is 0. The normalized spacial score (nSPS) is 18.2. The smallest absolute Gasteiger partial charge is 0.222 e. The molecule has 1 aliphatic heterocycles. The van der Waals surface area contributed by atoms with E-state index in [1.807, 2.05) is 35.2 Å². The van der Waals surface area contributed by atoms with E-state index in [2.05, 4.69) is 0 Å². The molecular formula is C12H16N2O. The third kappa shape index (κ3) is 2.36. The second kappa shape index (κ2) is 4.45. The van der Waals surface area contributed by atoms with E-state index in [-0.39, 0.29) is 11.9 Å². The van der Waals surface area contributed by atoms with Gasteiger partial charge in [-0.3, -0.25) is 4.79 Å². The molecule has 2 rings (SSSR count). The number of benzene rings is 1. The first kappa shape index (κ1) is 10.2. The fraction of sp³-hybridized carbons (Fsp3) is 0.417. The zero-order valence-electron chi connectivity index (χ0n) is 8.73. The molecule has 0 saturated carbocycles. The van der Waals surface area contributed by atoms with Crippen molar-refractivity contribution in [3.05, 3.63) is 35.9 Å². The Morgan fingerprint density at radius 3 is 2.67 bits per heavy atom. The summed E-state index contributed by atoms with van der Waals surface area (Å²) in [6.07, 6.45) is 1.65. The SMILES string of the molecule is N[C@@H](CN1CCCC1=O)c1ccccc1. The van der Waals surface area contributed by atoms with Crippen LogP contribution in [0, 0.1) is 0 Å². The number of carbonyl (C=O) groups excluding carboxylic acids is 1. The molecule has 1 amide bonds. The summed E-state index contributed by atoms with van der Waals surface area (Å²) in [5, 5.41) is 0. The summed E-state index contributed by atoms with van der Waals surface area (Å²) in [6.45, 7) is 1.50. The van der Waals surface area contributed by atoms with Gasteiger partial charge in [0.2, 0.25) is 5.91 Å². The van der Waals surface area contributed by atoms with Crippen molar-refractivity contribution in [3.8, 4) is 0 Å². The highest BCUT2D eigenvalue weighted by Gasteiger charge is 2.22. The molecular weight excluding hydrogens is 188 g/mol. The van der Waals surface area contributed by atoms with E-state index in [9.17, 15) is 4.79 Å². The fourth-order valence-corrected chi connectivity index (χ4v) is 1.94. The molecule has 1 aliphatic rings. The highest BCUT2D eigenvalue weighted by atomic mass is 16.2. The van der Waals surface area contributed by atoms with Gasteiger partial charge in [-0.05, 0) is 12.0 Å². The number of carbonyl (C=O) groups is 1. The molecule has 1 fully saturated rings. The van der Waals surface area contributed by atoms with E-state index in [1.54, 1.807) is 0 Å². The van der Waals surface area contributed by atoms with Crippen molar-refractivity contribution in [3.63, 3.8) is 0 Å². The van der Waals surface area contributed by atoms with Gasteiger partial charge < -0.3 is 10.6 Å². The first-order valence-electron chi connectivity index (χ1n) is 5.35. The van der Waals surface area contributed by atoms with Gasteiger partial charge in [-0.25, -0.2) is 0 Å². The average Bonchev–Trinajstić information content (AvgIpc) is 2.66. The minimum absolute atomic E-state index is 0.0618. The molecule has 0 radical (unpaired) electrons. The van der Waals surface area contributed by atoms with E-state index >= 15 is 0 Å². The lowest BCUT2D eigenvalue weighted by Crippen LogP contribution is -2.32. The summed E-state index contributed by atoms with van der Waals surface area (Å²) < 4.78 is 0. The van der Waals surface area contributed by atoms with Gasteiger partial charge in [0.05, 0.1) is 0 Å². The molecule has 3 nitrogen and oxygen atoms in total. The van der Waals surface area contributed by atoms with Crippen molar-refractivity contribution in [1.82, 2.24) is 4.90 Å². The molecule has 0 aromatic heterocycles. The van der Waals surface area contributed by atoms with Crippen LogP contribution in [-0.4, -0.2) is 23.9 Å². The minimum atomic E-state index is -0.0618. The van der Waals surface area contributed by atoms with Crippen LogP contribution in [0.3, 0.4) is 0 Å². The zero-order chi connectivity index (χ0) is 10.7. The maximum absolute atomic E-state index is 11.4. The van der Waals surface area contributed by atoms with Crippen LogP contribution in [0.1, 0.15) is 24.4 Å². The largest absolute Gasteiger partial charge is 0.341 e. The Bertz CT molecular complexity index is 337. The van der Waals surface area contributed by atoms with E-state index in [1.165, 1.54) is 0 Å². The first-order chi connectivity index (χ1) is 7.27. The summed E-state index contributed by atoms with van der Waals surface area (Å²) in [5.41, 5.74) is 7.14. The van der Waals surface area contributed by atoms with Gasteiger partial charge in [0.15, 0.2) is 0 Å². The molecule has 1 aromatic carbocycles. The van der Waals surface area contributed by atoms with Crippen molar-refractivity contribution >= 4 is 5.91 Å². The fourth-order valence-electron chi connectivity index (χ4n) is 1.94. The third-order valence-corrected chi connectivity index (χ3v) is 2.82. The molecule has 1 aromatic rings. The molecule has 15 heavy (non-hydrogen) atoms. The predicted molar refractivity (Wildman–Crippen MR) is 59.2 cm³/mol. The van der Waals surface area contributed by atoms with Crippen LogP contribution < -0.4 is 5.73 Å². The van der Waals surface area contributed by atoms with Crippen LogP contribution in [0.15, 0.2) is 30.3 Å². The Labute approximate surface area is 89.9 Å². The third-order valence-electron chi connectivity index (χ3n) is 2.82. The topological polar surface area (TPSA) is 46.3 Å². The summed E-state index contributed by atoms with van der Waals surface area (Å²) in [6, 6.07) is 9.86. The van der Waals surface area contributed by atoms with Gasteiger partial charge in [-0.15, -0.1) is 0 Å². The lowest BCUT2D eigenvalue weighted by atomic mass is 10.1. The maximum Gasteiger partial charge on any atom is 0.222 e. The van der Waals surface area contributed by atoms with Crippen molar-refractivity contribution < 1.29 is 4.79 Å². The van der Waals surface area contributed by atoms with Crippen LogP contribution in [-0.2, 0) is 4.79 Å². The van der Waals surface area contributed by atoms with Crippen molar-refractivity contribution in [2.45, 2.75) is 18.9 Å². The Balaban J connectivity index is 1.98. The van der Waals surface area contributed by atoms with Crippen LogP contribution in [0.5, 0.6) is 0 Å². The number of amides is 1. The van der Waals surface area contributed by atoms with Gasteiger partial charge in [0.1, 0.15) is 0 Å². The molecule has 2 N–H and O–H groups in total. The first-order valence-corrected chi connectivity index (χ1v) is 5.35. The molecule has 0 unspecified atom stereocenters. The Kier molecular flexibility index (Phi) is 3.02. The van der Waals surface area contributed by atoms with E-state index < -0.39 is 0 Å². The zero-order valence-corrected chi connectivity index (χ0v) is 8.73. The number of nitrogens with zero attached hydrogens (tertiary/aromatic N) is 1. The van der Waals surface area contributed by atoms with E-state index in [4.69, 9.17) is 5.73 Å². The molecule has 1 heterocycles. The predicted octanol–water partition coefficient (Wildman–Crippen LogP) is 1.31. The summed E-state index contributed by atoms with van der Waals surface area (Å²) in [5.74, 6) is 0.237. The minimum Gasteiger partial charge on any atom is -0.341 e. The van der Waals surface area contributed by atoms with Gasteiger partial charge >= 0.3 is 0 Å². The number of hydrogen-bond donors (Lipinski definition) is 1. The van der Waals surface area contributed by atoms with Gasteiger partial charge in [-0.2, -0.15) is 0 Å². The number of hydrogen-bond acceptors (Lipinski definition) is 2. The van der Waals surface area contributed by atoms with Gasteiger partial charge in [0, 0.05) is 25.6 Å². The summed E-state index contributed by atoms with van der Waals surface area (Å²) in [4.78, 5) is 13.3. The highest BCUT2D eigenvalue weighted by molar-refractivity contribution is 5.78. The average molecular weight is 204 g/mol. The molecule has 0 aliphatic carbocycles. The van der Waals surface area contributed by atoms with Crippen LogP contribution in [0.25, 0.3) is 0 Å². The Morgan fingerprint density at radius 2 is 2.07 bits per heavy atom. The quantitative estimate of drug-likeness (QED) is 0.807. The molecule has 0 bridgehead atoms. The van der Waals surface area contributed by atoms with Crippen molar-refractivity contribution in [2.75, 3.05) is 13.1 Å². The molecule has 1 atom stereocenters. The number of rotatable bonds is 3. The lowest BCUT2D eigenvalue weighted by molar-refractivity contribution is -0.127. The molecule has 0 spiro atoms. The highest BCUT2D eigenvalue weighted by Crippen LogP contribution is 2.16. The maximum atomic E-state index is 11.4. The van der Waals surface area contributed by atoms with E-state index in [0.717, 1.165) is 18.5 Å². The van der Waals surface area contributed by atoms with Crippen LogP contribution in [0.4, 0.5) is 0 Å².